The van der Waals surface area contributed by atoms with E-state index >= 15 is 0 Å². The van der Waals surface area contributed by atoms with Crippen LogP contribution in [0.2, 0.25) is 5.02 Å². The van der Waals surface area contributed by atoms with E-state index in [-0.39, 0.29) is 5.41 Å². The van der Waals surface area contributed by atoms with E-state index in [2.05, 4.69) is 0 Å². The molecule has 0 unspecified atom stereocenters. The minimum Gasteiger partial charge on any atom is -0.497 e. The third-order valence-corrected chi connectivity index (χ3v) is 3.58. The molecule has 0 saturated carbocycles. The first kappa shape index (κ1) is 12.0. The minimum atomic E-state index is 0.00506. The summed E-state index contributed by atoms with van der Waals surface area (Å²) in [5.74, 6) is 1.39. The van der Waals surface area contributed by atoms with Crippen molar-refractivity contribution < 1.29 is 9.47 Å². The maximum Gasteiger partial charge on any atom is 0.120 e. The van der Waals surface area contributed by atoms with Crippen LogP contribution in [0.4, 0.5) is 0 Å². The van der Waals surface area contributed by atoms with Crippen molar-refractivity contribution in [3.8, 4) is 5.75 Å². The third-order valence-electron chi connectivity index (χ3n) is 3.08. The number of rotatable bonds is 4. The smallest absolute Gasteiger partial charge is 0.120 e. The summed E-state index contributed by atoms with van der Waals surface area (Å²) in [7, 11) is 1.63. The first-order chi connectivity index (χ1) is 7.72. The fourth-order valence-electron chi connectivity index (χ4n) is 2.02. The molecule has 0 radical (unpaired) electrons. The molecule has 1 aromatic carbocycles. The normalized spacial score (nSPS) is 17.9. The van der Waals surface area contributed by atoms with Gasteiger partial charge in [0, 0.05) is 16.3 Å². The number of hydrogen-bond donors (Lipinski definition) is 0. The van der Waals surface area contributed by atoms with Gasteiger partial charge in [-0.05, 0) is 24.1 Å². The number of benzene rings is 1. The Hall–Kier alpha value is -0.440. The third kappa shape index (κ3) is 2.02. The largest absolute Gasteiger partial charge is 0.497 e. The Labute approximate surface area is 105 Å². The van der Waals surface area contributed by atoms with Crippen LogP contribution in [0.3, 0.4) is 0 Å². The Morgan fingerprint density at radius 1 is 1.44 bits per heavy atom. The maximum absolute atomic E-state index is 6.26. The summed E-state index contributed by atoms with van der Waals surface area (Å²) in [4.78, 5) is 0. The molecule has 2 nitrogen and oxygen atoms in total. The number of ether oxygens (including phenoxy) is 2. The molecule has 0 aromatic heterocycles. The van der Waals surface area contributed by atoms with Crippen LogP contribution in [0.1, 0.15) is 12.0 Å². The zero-order chi connectivity index (χ0) is 11.6. The zero-order valence-electron chi connectivity index (χ0n) is 9.13. The Morgan fingerprint density at radius 2 is 2.19 bits per heavy atom. The van der Waals surface area contributed by atoms with Crippen LogP contribution in [0, 0.1) is 0 Å². The van der Waals surface area contributed by atoms with Gasteiger partial charge in [-0.15, -0.1) is 11.6 Å². The van der Waals surface area contributed by atoms with Crippen LogP contribution < -0.4 is 4.74 Å². The van der Waals surface area contributed by atoms with Gasteiger partial charge >= 0.3 is 0 Å². The topological polar surface area (TPSA) is 18.5 Å². The molecule has 16 heavy (non-hydrogen) atoms. The van der Waals surface area contributed by atoms with Crippen molar-refractivity contribution in [3.63, 3.8) is 0 Å². The molecule has 1 aromatic rings. The van der Waals surface area contributed by atoms with E-state index in [0.717, 1.165) is 22.8 Å². The lowest BCUT2D eigenvalue weighted by molar-refractivity contribution is -0.0615. The van der Waals surface area contributed by atoms with Crippen LogP contribution >= 0.6 is 23.2 Å². The van der Waals surface area contributed by atoms with E-state index in [9.17, 15) is 0 Å². The van der Waals surface area contributed by atoms with Crippen molar-refractivity contribution in [3.05, 3.63) is 28.8 Å². The van der Waals surface area contributed by atoms with Gasteiger partial charge in [-0.25, -0.2) is 0 Å². The second kappa shape index (κ2) is 4.82. The van der Waals surface area contributed by atoms with E-state index in [4.69, 9.17) is 32.7 Å². The van der Waals surface area contributed by atoms with Gasteiger partial charge in [-0.2, -0.15) is 0 Å². The number of hydrogen-bond acceptors (Lipinski definition) is 2. The summed E-state index contributed by atoms with van der Waals surface area (Å²) >= 11 is 12.1. The van der Waals surface area contributed by atoms with Gasteiger partial charge in [0.05, 0.1) is 20.3 Å². The van der Waals surface area contributed by atoms with Gasteiger partial charge in [0.2, 0.25) is 0 Å². The van der Waals surface area contributed by atoms with Crippen LogP contribution in [-0.2, 0) is 10.2 Å². The monoisotopic (exact) mass is 260 g/mol. The molecule has 0 bridgehead atoms. The highest BCUT2D eigenvalue weighted by Gasteiger charge is 2.41. The predicted octanol–water partition coefficient (Wildman–Crippen LogP) is 3.25. The molecule has 0 amide bonds. The summed E-state index contributed by atoms with van der Waals surface area (Å²) < 4.78 is 10.4. The van der Waals surface area contributed by atoms with Crippen molar-refractivity contribution in [1.82, 2.24) is 0 Å². The van der Waals surface area contributed by atoms with E-state index in [1.54, 1.807) is 7.11 Å². The van der Waals surface area contributed by atoms with E-state index in [1.165, 1.54) is 0 Å². The van der Waals surface area contributed by atoms with Crippen molar-refractivity contribution in [2.45, 2.75) is 11.8 Å². The summed E-state index contributed by atoms with van der Waals surface area (Å²) in [6.07, 6.45) is 0.889. The molecule has 1 aliphatic heterocycles. The lowest BCUT2D eigenvalue weighted by atomic mass is 9.76. The summed E-state index contributed by atoms with van der Waals surface area (Å²) in [5, 5.41) is 0.729. The minimum absolute atomic E-state index is 0.00506. The van der Waals surface area contributed by atoms with E-state index in [0.29, 0.717) is 19.1 Å². The van der Waals surface area contributed by atoms with Gasteiger partial charge in [0.25, 0.3) is 0 Å². The van der Waals surface area contributed by atoms with Crippen molar-refractivity contribution in [1.29, 1.82) is 0 Å². The van der Waals surface area contributed by atoms with Crippen molar-refractivity contribution in [2.75, 3.05) is 26.2 Å². The van der Waals surface area contributed by atoms with Crippen LogP contribution in [0.5, 0.6) is 5.75 Å². The molecule has 88 valence electrons. The molecular formula is C12H14Cl2O2. The molecule has 1 aliphatic rings. The molecule has 0 atom stereocenters. The average Bonchev–Trinajstić information content (AvgIpc) is 2.24. The Morgan fingerprint density at radius 3 is 2.62 bits per heavy atom. The lowest BCUT2D eigenvalue weighted by Gasteiger charge is -2.42. The number of methoxy groups -OCH3 is 1. The molecule has 4 heteroatoms. The van der Waals surface area contributed by atoms with Gasteiger partial charge in [-0.1, -0.05) is 17.7 Å². The molecule has 1 saturated heterocycles. The summed E-state index contributed by atoms with van der Waals surface area (Å²) in [5.41, 5.74) is 1.12. The quantitative estimate of drug-likeness (QED) is 0.774. The van der Waals surface area contributed by atoms with Gasteiger partial charge in [0.15, 0.2) is 0 Å². The molecule has 2 rings (SSSR count). The van der Waals surface area contributed by atoms with Crippen LogP contribution in [0.25, 0.3) is 0 Å². The van der Waals surface area contributed by atoms with Crippen molar-refractivity contribution in [2.24, 2.45) is 0 Å². The fraction of sp³-hybridized carbons (Fsp3) is 0.500. The van der Waals surface area contributed by atoms with Crippen LogP contribution in [0.15, 0.2) is 18.2 Å². The summed E-state index contributed by atoms with van der Waals surface area (Å²) in [6, 6.07) is 5.77. The molecule has 0 spiro atoms. The zero-order valence-corrected chi connectivity index (χ0v) is 10.6. The Balaban J connectivity index is 2.31. The summed E-state index contributed by atoms with van der Waals surface area (Å²) in [6.45, 7) is 1.40. The maximum atomic E-state index is 6.26. The SMILES string of the molecule is COc1ccc(C2(CCCl)COC2)c(Cl)c1. The average molecular weight is 261 g/mol. The first-order valence-electron chi connectivity index (χ1n) is 5.19. The molecule has 1 fully saturated rings. The fourth-order valence-corrected chi connectivity index (χ4v) is 2.75. The second-order valence-electron chi connectivity index (χ2n) is 4.06. The second-order valence-corrected chi connectivity index (χ2v) is 4.84. The molecule has 0 N–H and O–H groups in total. The van der Waals surface area contributed by atoms with Crippen LogP contribution in [-0.4, -0.2) is 26.2 Å². The lowest BCUT2D eigenvalue weighted by Crippen LogP contribution is -2.47. The van der Waals surface area contributed by atoms with E-state index in [1.807, 2.05) is 18.2 Å². The van der Waals surface area contributed by atoms with Gasteiger partial charge < -0.3 is 9.47 Å². The van der Waals surface area contributed by atoms with E-state index < -0.39 is 0 Å². The number of alkyl halides is 1. The highest BCUT2D eigenvalue weighted by atomic mass is 35.5. The Bertz CT molecular complexity index is 375. The highest BCUT2D eigenvalue weighted by Crippen LogP contribution is 2.40. The molecular weight excluding hydrogens is 247 g/mol. The molecule has 1 heterocycles. The van der Waals surface area contributed by atoms with Gasteiger partial charge in [0.1, 0.15) is 5.75 Å². The predicted molar refractivity (Wildman–Crippen MR) is 65.8 cm³/mol. The standard InChI is InChI=1S/C12H14Cl2O2/c1-15-9-2-3-10(11(14)6-9)12(4-5-13)7-16-8-12/h2-3,6H,4-5,7-8H2,1H3. The highest BCUT2D eigenvalue weighted by molar-refractivity contribution is 6.31. The Kier molecular flexibility index (Phi) is 3.63. The van der Waals surface area contributed by atoms with Crippen molar-refractivity contribution >= 4 is 23.2 Å². The number of halogens is 2. The van der Waals surface area contributed by atoms with Gasteiger partial charge in [-0.3, -0.25) is 0 Å². The first-order valence-corrected chi connectivity index (χ1v) is 6.11. The molecule has 0 aliphatic carbocycles.